The van der Waals surface area contributed by atoms with Gasteiger partial charge in [-0.05, 0) is 13.8 Å². The molecule has 1 unspecified atom stereocenters. The highest BCUT2D eigenvalue weighted by Crippen LogP contribution is 2.14. The minimum absolute atomic E-state index is 0.574. The monoisotopic (exact) mass is 144 g/mol. The summed E-state index contributed by atoms with van der Waals surface area (Å²) in [6, 6.07) is 0. The van der Waals surface area contributed by atoms with E-state index in [9.17, 15) is 0 Å². The summed E-state index contributed by atoms with van der Waals surface area (Å²) in [4.78, 5) is 0. The van der Waals surface area contributed by atoms with Gasteiger partial charge in [-0.25, -0.2) is 0 Å². The number of likely N-dealkylation sites (N-methyl/N-ethyl adjacent to an activating group) is 1. The first kappa shape index (κ1) is 8.02. The highest BCUT2D eigenvalue weighted by molar-refractivity contribution is 4.67. The number of nitrogens with zero attached hydrogens (tertiary/aromatic N) is 1. The Morgan fingerprint density at radius 1 is 1.40 bits per heavy atom. The molecule has 0 aromatic rings. The minimum atomic E-state index is 0.574. The summed E-state index contributed by atoms with van der Waals surface area (Å²) in [6.45, 7) is 9.12. The molecule has 1 aliphatic rings. The van der Waals surface area contributed by atoms with Gasteiger partial charge >= 0.3 is 0 Å². The van der Waals surface area contributed by atoms with Gasteiger partial charge in [0, 0.05) is 0 Å². The first-order chi connectivity index (χ1) is 4.70. The Balaban J connectivity index is 2.29. The lowest BCUT2D eigenvalue weighted by Gasteiger charge is -2.31. The Hall–Kier alpha value is -0.0800. The smallest absolute Gasteiger partial charge is 0.130 e. The van der Waals surface area contributed by atoms with Crippen LogP contribution in [0, 0.1) is 0 Å². The second-order valence-corrected chi connectivity index (χ2v) is 3.39. The van der Waals surface area contributed by atoms with Crippen LogP contribution in [0.15, 0.2) is 0 Å². The van der Waals surface area contributed by atoms with E-state index in [1.54, 1.807) is 0 Å². The molecule has 1 saturated heterocycles. The molecule has 0 aromatic carbocycles. The van der Waals surface area contributed by atoms with Crippen molar-refractivity contribution in [1.29, 1.82) is 0 Å². The second kappa shape index (κ2) is 2.89. The molecule has 1 fully saturated rings. The van der Waals surface area contributed by atoms with Gasteiger partial charge in [0.15, 0.2) is 0 Å². The number of hydrogen-bond acceptors (Lipinski definition) is 1. The van der Waals surface area contributed by atoms with Crippen molar-refractivity contribution in [2.75, 3.05) is 33.3 Å². The first-order valence-electron chi connectivity index (χ1n) is 4.15. The van der Waals surface area contributed by atoms with E-state index >= 15 is 0 Å². The third kappa shape index (κ3) is 1.96. The molecule has 0 N–H and O–H groups in total. The average molecular weight is 144 g/mol. The van der Waals surface area contributed by atoms with Crippen LogP contribution in [0.25, 0.3) is 0 Å². The van der Waals surface area contributed by atoms with Gasteiger partial charge in [-0.15, -0.1) is 0 Å². The van der Waals surface area contributed by atoms with Gasteiger partial charge < -0.3 is 9.22 Å². The zero-order valence-electron chi connectivity index (χ0n) is 7.26. The maximum Gasteiger partial charge on any atom is 0.130 e. The third-order valence-electron chi connectivity index (χ3n) is 2.57. The lowest BCUT2D eigenvalue weighted by atomic mass is 10.3. The summed E-state index contributed by atoms with van der Waals surface area (Å²) < 4.78 is 6.35. The Kier molecular flexibility index (Phi) is 2.32. The summed E-state index contributed by atoms with van der Waals surface area (Å²) >= 11 is 0. The minimum Gasteiger partial charge on any atom is -0.367 e. The van der Waals surface area contributed by atoms with Crippen molar-refractivity contribution in [1.82, 2.24) is 0 Å². The zero-order valence-corrected chi connectivity index (χ0v) is 7.26. The van der Waals surface area contributed by atoms with Crippen LogP contribution in [-0.2, 0) is 4.74 Å². The van der Waals surface area contributed by atoms with Crippen molar-refractivity contribution in [2.24, 2.45) is 0 Å². The van der Waals surface area contributed by atoms with E-state index in [1.165, 1.54) is 19.6 Å². The van der Waals surface area contributed by atoms with E-state index in [0.29, 0.717) is 6.10 Å². The Morgan fingerprint density at radius 3 is 2.20 bits per heavy atom. The first-order valence-corrected chi connectivity index (χ1v) is 4.15. The summed E-state index contributed by atoms with van der Waals surface area (Å²) in [7, 11) is 2.29. The van der Waals surface area contributed by atoms with Crippen molar-refractivity contribution < 1.29 is 9.22 Å². The predicted octanol–water partition coefficient (Wildman–Crippen LogP) is 0.872. The summed E-state index contributed by atoms with van der Waals surface area (Å²) in [6.07, 6.45) is 0.574. The molecule has 2 nitrogen and oxygen atoms in total. The molecule has 0 radical (unpaired) electrons. The lowest BCUT2D eigenvalue weighted by Crippen LogP contribution is -2.46. The molecule has 10 heavy (non-hydrogen) atoms. The third-order valence-corrected chi connectivity index (χ3v) is 2.57. The summed E-state index contributed by atoms with van der Waals surface area (Å²) in [5, 5.41) is 0. The van der Waals surface area contributed by atoms with Crippen molar-refractivity contribution >= 4 is 0 Å². The van der Waals surface area contributed by atoms with Gasteiger partial charge in [0.2, 0.25) is 0 Å². The topological polar surface area (TPSA) is 12.5 Å². The van der Waals surface area contributed by atoms with Crippen LogP contribution < -0.4 is 0 Å². The van der Waals surface area contributed by atoms with Crippen molar-refractivity contribution in [3.05, 3.63) is 0 Å². The van der Waals surface area contributed by atoms with Crippen LogP contribution in [0.5, 0.6) is 0 Å². The highest BCUT2D eigenvalue weighted by Gasteiger charge is 2.31. The van der Waals surface area contributed by atoms with Crippen LogP contribution in [0.4, 0.5) is 0 Å². The average Bonchev–Trinajstić information content (AvgIpc) is 2.72. The number of ether oxygens (including phenoxy) is 1. The second-order valence-electron chi connectivity index (χ2n) is 3.39. The number of quaternary nitrogens is 1. The van der Waals surface area contributed by atoms with Gasteiger partial charge in [-0.2, -0.15) is 0 Å². The van der Waals surface area contributed by atoms with Crippen molar-refractivity contribution in [3.63, 3.8) is 0 Å². The Labute approximate surface area is 63.4 Å². The summed E-state index contributed by atoms with van der Waals surface area (Å²) in [5.41, 5.74) is 0. The molecule has 1 atom stereocenters. The molecule has 1 aliphatic heterocycles. The maximum atomic E-state index is 5.19. The number of hydrogen-bond donors (Lipinski definition) is 0. The SMILES string of the molecule is CC[N+](C)(CC)CC1CO1. The molecule has 1 heterocycles. The van der Waals surface area contributed by atoms with Crippen LogP contribution in [0.3, 0.4) is 0 Å². The van der Waals surface area contributed by atoms with Crippen LogP contribution >= 0.6 is 0 Å². The highest BCUT2D eigenvalue weighted by atomic mass is 16.6. The van der Waals surface area contributed by atoms with Crippen LogP contribution in [-0.4, -0.2) is 43.9 Å². The van der Waals surface area contributed by atoms with E-state index in [2.05, 4.69) is 20.9 Å². The molecule has 0 amide bonds. The van der Waals surface area contributed by atoms with Crippen molar-refractivity contribution in [3.8, 4) is 0 Å². The van der Waals surface area contributed by atoms with Gasteiger partial charge in [-0.1, -0.05) is 0 Å². The fraction of sp³-hybridized carbons (Fsp3) is 1.00. The van der Waals surface area contributed by atoms with Gasteiger partial charge in [0.1, 0.15) is 12.6 Å². The fourth-order valence-electron chi connectivity index (χ4n) is 1.15. The van der Waals surface area contributed by atoms with Crippen LogP contribution in [0.2, 0.25) is 0 Å². The van der Waals surface area contributed by atoms with Gasteiger partial charge in [-0.3, -0.25) is 0 Å². The normalized spacial score (nSPS) is 24.9. The molecule has 0 aromatic heterocycles. The van der Waals surface area contributed by atoms with E-state index in [0.717, 1.165) is 11.1 Å². The molecule has 1 rings (SSSR count). The predicted molar refractivity (Wildman–Crippen MR) is 41.9 cm³/mol. The molecule has 2 heteroatoms. The standard InChI is InChI=1S/C8H18NO/c1-4-9(3,5-2)6-8-7-10-8/h8H,4-7H2,1-3H3/q+1. The molecule has 60 valence electrons. The van der Waals surface area contributed by atoms with E-state index in [-0.39, 0.29) is 0 Å². The van der Waals surface area contributed by atoms with E-state index < -0.39 is 0 Å². The van der Waals surface area contributed by atoms with E-state index in [4.69, 9.17) is 4.74 Å². The van der Waals surface area contributed by atoms with E-state index in [1.807, 2.05) is 0 Å². The Morgan fingerprint density at radius 2 is 1.90 bits per heavy atom. The van der Waals surface area contributed by atoms with Crippen molar-refractivity contribution in [2.45, 2.75) is 20.0 Å². The van der Waals surface area contributed by atoms with Crippen LogP contribution in [0.1, 0.15) is 13.8 Å². The molecule has 0 saturated carbocycles. The molecule has 0 aliphatic carbocycles. The number of rotatable bonds is 4. The molecular weight excluding hydrogens is 126 g/mol. The van der Waals surface area contributed by atoms with Gasteiger partial charge in [0.05, 0.1) is 26.7 Å². The summed E-state index contributed by atoms with van der Waals surface area (Å²) in [5.74, 6) is 0. The molecular formula is C8H18NO+. The largest absolute Gasteiger partial charge is 0.367 e. The molecule has 0 bridgehead atoms. The lowest BCUT2D eigenvalue weighted by molar-refractivity contribution is -0.906. The van der Waals surface area contributed by atoms with Gasteiger partial charge in [0.25, 0.3) is 0 Å². The Bertz CT molecular complexity index is 106. The number of epoxide rings is 1. The molecule has 0 spiro atoms. The maximum absolute atomic E-state index is 5.19. The fourth-order valence-corrected chi connectivity index (χ4v) is 1.15. The quantitative estimate of drug-likeness (QED) is 0.421. The zero-order chi connectivity index (χ0) is 7.61.